The number of hydrogen-bond donors (Lipinski definition) is 2. The number of nitrogens with zero attached hydrogens (tertiary/aromatic N) is 2. The maximum atomic E-state index is 5.46. The number of para-hydroxylation sites is 1. The van der Waals surface area contributed by atoms with Crippen LogP contribution in [0.3, 0.4) is 0 Å². The van der Waals surface area contributed by atoms with Crippen molar-refractivity contribution in [1.82, 2.24) is 9.97 Å². The molecule has 0 radical (unpaired) electrons. The van der Waals surface area contributed by atoms with Crippen molar-refractivity contribution >= 4 is 28.4 Å². The molecule has 152 valence electrons. The topological polar surface area (TPSA) is 68.3 Å². The van der Waals surface area contributed by atoms with Crippen LogP contribution in [0.2, 0.25) is 0 Å². The number of benzene rings is 3. The maximum absolute atomic E-state index is 5.46. The quantitative estimate of drug-likeness (QED) is 0.432. The first-order valence-corrected chi connectivity index (χ1v) is 9.80. The van der Waals surface area contributed by atoms with E-state index in [2.05, 4.69) is 39.9 Å². The Morgan fingerprint density at radius 3 is 2.43 bits per heavy atom. The molecule has 0 bridgehead atoms. The first kappa shape index (κ1) is 19.5. The molecular weight excluding hydrogens is 376 g/mol. The van der Waals surface area contributed by atoms with E-state index in [1.54, 1.807) is 14.2 Å². The lowest BCUT2D eigenvalue weighted by Gasteiger charge is -2.14. The minimum absolute atomic E-state index is 0.488. The van der Waals surface area contributed by atoms with E-state index in [-0.39, 0.29) is 0 Å². The summed E-state index contributed by atoms with van der Waals surface area (Å²) < 4.78 is 10.8. The molecule has 1 aromatic heterocycles. The summed E-state index contributed by atoms with van der Waals surface area (Å²) in [5.41, 5.74) is 2.88. The van der Waals surface area contributed by atoms with Gasteiger partial charge in [0.05, 0.1) is 25.4 Å². The SMILES string of the molecule is COc1ccc(OC)c(Nc2nc(NCCc3ccccc3)c3ccccc3n2)c1. The van der Waals surface area contributed by atoms with Crippen LogP contribution in [-0.2, 0) is 6.42 Å². The molecule has 0 saturated carbocycles. The normalized spacial score (nSPS) is 10.6. The summed E-state index contributed by atoms with van der Waals surface area (Å²) in [4.78, 5) is 9.40. The van der Waals surface area contributed by atoms with Crippen molar-refractivity contribution in [3.63, 3.8) is 0 Å². The Morgan fingerprint density at radius 1 is 0.833 bits per heavy atom. The Morgan fingerprint density at radius 2 is 1.63 bits per heavy atom. The highest BCUT2D eigenvalue weighted by molar-refractivity contribution is 5.90. The van der Waals surface area contributed by atoms with Gasteiger partial charge >= 0.3 is 0 Å². The van der Waals surface area contributed by atoms with Gasteiger partial charge in [0.2, 0.25) is 5.95 Å². The van der Waals surface area contributed by atoms with E-state index in [0.717, 1.165) is 41.1 Å². The number of methoxy groups -OCH3 is 2. The monoisotopic (exact) mass is 400 g/mol. The molecule has 30 heavy (non-hydrogen) atoms. The third kappa shape index (κ3) is 4.43. The first-order valence-electron chi connectivity index (χ1n) is 9.80. The largest absolute Gasteiger partial charge is 0.497 e. The molecule has 0 spiro atoms. The second-order valence-corrected chi connectivity index (χ2v) is 6.77. The van der Waals surface area contributed by atoms with Gasteiger partial charge in [-0.2, -0.15) is 4.98 Å². The Kier molecular flexibility index (Phi) is 5.94. The third-order valence-electron chi connectivity index (χ3n) is 4.81. The van der Waals surface area contributed by atoms with E-state index >= 15 is 0 Å². The highest BCUT2D eigenvalue weighted by atomic mass is 16.5. The van der Waals surface area contributed by atoms with E-state index in [0.29, 0.717) is 11.7 Å². The van der Waals surface area contributed by atoms with Crippen LogP contribution in [0.1, 0.15) is 5.56 Å². The summed E-state index contributed by atoms with van der Waals surface area (Å²) in [6.45, 7) is 0.771. The van der Waals surface area contributed by atoms with Gasteiger partial charge in [-0.15, -0.1) is 0 Å². The van der Waals surface area contributed by atoms with E-state index in [4.69, 9.17) is 14.5 Å². The third-order valence-corrected chi connectivity index (χ3v) is 4.81. The van der Waals surface area contributed by atoms with Crippen molar-refractivity contribution in [3.05, 3.63) is 78.4 Å². The number of anilines is 3. The van der Waals surface area contributed by atoms with Crippen LogP contribution in [-0.4, -0.2) is 30.7 Å². The van der Waals surface area contributed by atoms with Crippen LogP contribution in [0.15, 0.2) is 72.8 Å². The molecule has 0 unspecified atom stereocenters. The van der Waals surface area contributed by atoms with E-state index < -0.39 is 0 Å². The predicted molar refractivity (Wildman–Crippen MR) is 121 cm³/mol. The molecule has 0 atom stereocenters. The predicted octanol–water partition coefficient (Wildman–Crippen LogP) is 5.05. The Bertz CT molecular complexity index is 1130. The fraction of sp³-hybridized carbons (Fsp3) is 0.167. The van der Waals surface area contributed by atoms with Gasteiger partial charge in [0.25, 0.3) is 0 Å². The number of rotatable bonds is 8. The van der Waals surface area contributed by atoms with Crippen LogP contribution in [0.5, 0.6) is 11.5 Å². The van der Waals surface area contributed by atoms with Gasteiger partial charge in [0.1, 0.15) is 17.3 Å². The molecular formula is C24H24N4O2. The van der Waals surface area contributed by atoms with E-state index in [1.165, 1.54) is 5.56 Å². The van der Waals surface area contributed by atoms with Gasteiger partial charge in [-0.05, 0) is 36.2 Å². The Hall–Kier alpha value is -3.80. The van der Waals surface area contributed by atoms with Crippen LogP contribution in [0, 0.1) is 0 Å². The van der Waals surface area contributed by atoms with Crippen LogP contribution < -0.4 is 20.1 Å². The number of fused-ring (bicyclic) bond motifs is 1. The molecule has 0 amide bonds. The molecule has 3 aromatic carbocycles. The highest BCUT2D eigenvalue weighted by Gasteiger charge is 2.11. The number of ether oxygens (including phenoxy) is 2. The number of aromatic nitrogens is 2. The maximum Gasteiger partial charge on any atom is 0.229 e. The average Bonchev–Trinajstić information content (AvgIpc) is 2.79. The molecule has 0 aliphatic rings. The van der Waals surface area contributed by atoms with Crippen molar-refractivity contribution in [2.75, 3.05) is 31.4 Å². The zero-order valence-corrected chi connectivity index (χ0v) is 17.1. The van der Waals surface area contributed by atoms with E-state index in [1.807, 2.05) is 48.5 Å². The molecule has 1 heterocycles. The van der Waals surface area contributed by atoms with Crippen molar-refractivity contribution in [2.45, 2.75) is 6.42 Å². The first-order chi connectivity index (χ1) is 14.8. The summed E-state index contributed by atoms with van der Waals surface area (Å²) in [7, 11) is 3.26. The molecule has 2 N–H and O–H groups in total. The zero-order valence-electron chi connectivity index (χ0n) is 17.1. The summed E-state index contributed by atoms with van der Waals surface area (Å²) in [5, 5.41) is 7.72. The van der Waals surface area contributed by atoms with Gasteiger partial charge in [-0.1, -0.05) is 42.5 Å². The standard InChI is InChI=1S/C24H24N4O2/c1-29-18-12-13-22(30-2)21(16-18)27-24-26-20-11-7-6-10-19(20)23(28-24)25-15-14-17-8-4-3-5-9-17/h3-13,16H,14-15H2,1-2H3,(H2,25,26,27,28). The summed E-state index contributed by atoms with van der Waals surface area (Å²) in [6.07, 6.45) is 0.908. The fourth-order valence-electron chi connectivity index (χ4n) is 3.27. The summed E-state index contributed by atoms with van der Waals surface area (Å²) in [5.74, 6) is 2.69. The molecule has 6 heteroatoms. The molecule has 4 aromatic rings. The molecule has 6 nitrogen and oxygen atoms in total. The van der Waals surface area contributed by atoms with E-state index in [9.17, 15) is 0 Å². The number of hydrogen-bond acceptors (Lipinski definition) is 6. The second-order valence-electron chi connectivity index (χ2n) is 6.77. The minimum atomic E-state index is 0.488. The zero-order chi connectivity index (χ0) is 20.8. The molecule has 0 aliphatic carbocycles. The summed E-state index contributed by atoms with van der Waals surface area (Å²) in [6, 6.07) is 23.9. The lowest BCUT2D eigenvalue weighted by atomic mass is 10.1. The lowest BCUT2D eigenvalue weighted by Crippen LogP contribution is -2.09. The second kappa shape index (κ2) is 9.13. The van der Waals surface area contributed by atoms with Crippen molar-refractivity contribution in [1.29, 1.82) is 0 Å². The van der Waals surface area contributed by atoms with Crippen molar-refractivity contribution in [3.8, 4) is 11.5 Å². The van der Waals surface area contributed by atoms with Gasteiger partial charge in [-0.25, -0.2) is 4.98 Å². The molecule has 0 fully saturated rings. The molecule has 0 saturated heterocycles. The van der Waals surface area contributed by atoms with Crippen LogP contribution >= 0.6 is 0 Å². The van der Waals surface area contributed by atoms with Gasteiger partial charge < -0.3 is 20.1 Å². The van der Waals surface area contributed by atoms with Crippen LogP contribution in [0.4, 0.5) is 17.5 Å². The van der Waals surface area contributed by atoms with Gasteiger partial charge in [-0.3, -0.25) is 0 Å². The minimum Gasteiger partial charge on any atom is -0.497 e. The Balaban J connectivity index is 1.61. The summed E-state index contributed by atoms with van der Waals surface area (Å²) >= 11 is 0. The Labute approximate surface area is 175 Å². The molecule has 4 rings (SSSR count). The van der Waals surface area contributed by atoms with Gasteiger partial charge in [0.15, 0.2) is 0 Å². The van der Waals surface area contributed by atoms with Crippen molar-refractivity contribution < 1.29 is 9.47 Å². The van der Waals surface area contributed by atoms with Crippen molar-refractivity contribution in [2.24, 2.45) is 0 Å². The highest BCUT2D eigenvalue weighted by Crippen LogP contribution is 2.32. The fourth-order valence-corrected chi connectivity index (χ4v) is 3.27. The average molecular weight is 400 g/mol. The smallest absolute Gasteiger partial charge is 0.229 e. The lowest BCUT2D eigenvalue weighted by molar-refractivity contribution is 0.405. The molecule has 0 aliphatic heterocycles. The van der Waals surface area contributed by atoms with Crippen LogP contribution in [0.25, 0.3) is 10.9 Å². The van der Waals surface area contributed by atoms with Gasteiger partial charge in [0, 0.05) is 18.0 Å². The number of nitrogens with one attached hydrogen (secondary N) is 2.